The highest BCUT2D eigenvalue weighted by molar-refractivity contribution is 7.99. The zero-order chi connectivity index (χ0) is 15.2. The van der Waals surface area contributed by atoms with Crippen LogP contribution >= 0.6 is 35.0 Å². The van der Waals surface area contributed by atoms with Crippen LogP contribution in [-0.2, 0) is 6.42 Å². The number of halogens is 3. The summed E-state index contributed by atoms with van der Waals surface area (Å²) in [5.74, 6) is 0.613. The maximum atomic E-state index is 13.2. The van der Waals surface area contributed by atoms with E-state index in [1.165, 1.54) is 6.07 Å². The van der Waals surface area contributed by atoms with Crippen LogP contribution in [-0.4, -0.2) is 18.8 Å². The molecule has 0 spiro atoms. The predicted octanol–water partition coefficient (Wildman–Crippen LogP) is 5.06. The van der Waals surface area contributed by atoms with Gasteiger partial charge in [0.05, 0.1) is 0 Å². The number of nitrogens with one attached hydrogen (secondary N) is 1. The third-order valence-electron chi connectivity index (χ3n) is 3.13. The fourth-order valence-corrected chi connectivity index (χ4v) is 3.40. The molecule has 0 fully saturated rings. The van der Waals surface area contributed by atoms with Gasteiger partial charge in [-0.05, 0) is 55.4 Å². The molecule has 0 aliphatic carbocycles. The molecule has 2 rings (SSSR count). The predicted molar refractivity (Wildman–Crippen MR) is 90.1 cm³/mol. The average Bonchev–Trinajstić information content (AvgIpc) is 2.47. The molecule has 0 aliphatic rings. The number of likely N-dealkylation sites (N-methyl/N-ethyl adjacent to an activating group) is 1. The van der Waals surface area contributed by atoms with E-state index in [2.05, 4.69) is 5.32 Å². The van der Waals surface area contributed by atoms with Crippen molar-refractivity contribution < 1.29 is 4.39 Å². The molecule has 0 saturated heterocycles. The van der Waals surface area contributed by atoms with Crippen LogP contribution in [0.1, 0.15) is 5.56 Å². The molecule has 0 saturated carbocycles. The summed E-state index contributed by atoms with van der Waals surface area (Å²) >= 11 is 13.8. The fraction of sp³-hybridized carbons (Fsp3) is 0.250. The van der Waals surface area contributed by atoms with Crippen molar-refractivity contribution in [3.8, 4) is 0 Å². The molecular weight excluding hydrogens is 328 g/mol. The van der Waals surface area contributed by atoms with Crippen LogP contribution in [0.4, 0.5) is 4.39 Å². The zero-order valence-corrected chi connectivity index (χ0v) is 13.9. The van der Waals surface area contributed by atoms with Crippen molar-refractivity contribution in [1.82, 2.24) is 5.32 Å². The van der Waals surface area contributed by atoms with E-state index in [1.54, 1.807) is 30.0 Å². The Morgan fingerprint density at radius 3 is 2.71 bits per heavy atom. The monoisotopic (exact) mass is 343 g/mol. The molecule has 2 aromatic rings. The lowest BCUT2D eigenvalue weighted by Crippen LogP contribution is -2.30. The van der Waals surface area contributed by atoms with Crippen molar-refractivity contribution in [3.63, 3.8) is 0 Å². The van der Waals surface area contributed by atoms with E-state index in [0.29, 0.717) is 5.02 Å². The Kier molecular flexibility index (Phi) is 6.37. The Hall–Kier alpha value is -0.740. The Labute approximate surface area is 138 Å². The maximum absolute atomic E-state index is 13.2. The molecule has 0 heterocycles. The standard InChI is InChI=1S/C16H16Cl2FNS/c1-20-14(8-11-7-12(17)5-6-16(11)18)10-21-15-4-2-3-13(19)9-15/h2-7,9,14,20H,8,10H2,1H3. The minimum Gasteiger partial charge on any atom is -0.316 e. The number of hydrogen-bond donors (Lipinski definition) is 1. The third kappa shape index (κ3) is 5.19. The summed E-state index contributed by atoms with van der Waals surface area (Å²) in [7, 11) is 1.91. The van der Waals surface area contributed by atoms with E-state index < -0.39 is 0 Å². The summed E-state index contributed by atoms with van der Waals surface area (Å²) in [5.41, 5.74) is 1.02. The van der Waals surface area contributed by atoms with Crippen LogP contribution in [0.3, 0.4) is 0 Å². The first-order chi connectivity index (χ1) is 10.1. The fourth-order valence-electron chi connectivity index (χ4n) is 1.96. The molecule has 0 aliphatic heterocycles. The summed E-state index contributed by atoms with van der Waals surface area (Å²) in [6, 6.07) is 12.3. The normalized spacial score (nSPS) is 12.4. The Bertz CT molecular complexity index is 607. The minimum atomic E-state index is -0.209. The van der Waals surface area contributed by atoms with Crippen LogP contribution in [0.2, 0.25) is 10.0 Å². The molecule has 1 N–H and O–H groups in total. The first-order valence-electron chi connectivity index (χ1n) is 6.58. The Balaban J connectivity index is 1.98. The third-order valence-corrected chi connectivity index (χ3v) is 4.89. The molecule has 0 amide bonds. The first kappa shape index (κ1) is 16.6. The zero-order valence-electron chi connectivity index (χ0n) is 11.6. The molecule has 1 nitrogen and oxygen atoms in total. The van der Waals surface area contributed by atoms with Crippen molar-refractivity contribution >= 4 is 35.0 Å². The highest BCUT2D eigenvalue weighted by atomic mass is 35.5. The van der Waals surface area contributed by atoms with E-state index in [1.807, 2.05) is 25.2 Å². The second-order valence-corrected chi connectivity index (χ2v) is 6.63. The van der Waals surface area contributed by atoms with Gasteiger partial charge in [-0.3, -0.25) is 0 Å². The summed E-state index contributed by atoms with van der Waals surface area (Å²) in [5, 5.41) is 4.67. The van der Waals surface area contributed by atoms with Gasteiger partial charge in [-0.2, -0.15) is 0 Å². The molecule has 2 aromatic carbocycles. The highest BCUT2D eigenvalue weighted by Crippen LogP contribution is 2.24. The van der Waals surface area contributed by atoms with Crippen molar-refractivity contribution in [1.29, 1.82) is 0 Å². The van der Waals surface area contributed by atoms with Crippen LogP contribution in [0.5, 0.6) is 0 Å². The van der Waals surface area contributed by atoms with Gasteiger partial charge in [0.1, 0.15) is 5.82 Å². The molecule has 112 valence electrons. The van der Waals surface area contributed by atoms with Crippen LogP contribution in [0.25, 0.3) is 0 Å². The number of hydrogen-bond acceptors (Lipinski definition) is 2. The summed E-state index contributed by atoms with van der Waals surface area (Å²) < 4.78 is 13.2. The maximum Gasteiger partial charge on any atom is 0.124 e. The number of benzene rings is 2. The molecule has 0 aromatic heterocycles. The average molecular weight is 344 g/mol. The number of rotatable bonds is 6. The quantitative estimate of drug-likeness (QED) is 0.736. The van der Waals surface area contributed by atoms with E-state index >= 15 is 0 Å². The van der Waals surface area contributed by atoms with E-state index in [4.69, 9.17) is 23.2 Å². The largest absolute Gasteiger partial charge is 0.316 e. The van der Waals surface area contributed by atoms with Crippen molar-refractivity contribution in [2.45, 2.75) is 17.4 Å². The van der Waals surface area contributed by atoms with Gasteiger partial charge in [-0.15, -0.1) is 11.8 Å². The SMILES string of the molecule is CNC(CSc1cccc(F)c1)Cc1cc(Cl)ccc1Cl. The van der Waals surface area contributed by atoms with Gasteiger partial charge < -0.3 is 5.32 Å². The van der Waals surface area contributed by atoms with Gasteiger partial charge in [0.15, 0.2) is 0 Å². The first-order valence-corrected chi connectivity index (χ1v) is 8.32. The molecule has 1 atom stereocenters. The van der Waals surface area contributed by atoms with Gasteiger partial charge in [0.2, 0.25) is 0 Å². The molecule has 5 heteroatoms. The molecule has 0 bridgehead atoms. The van der Waals surface area contributed by atoms with E-state index in [-0.39, 0.29) is 11.9 Å². The topological polar surface area (TPSA) is 12.0 Å². The molecule has 21 heavy (non-hydrogen) atoms. The van der Waals surface area contributed by atoms with E-state index in [9.17, 15) is 4.39 Å². The van der Waals surface area contributed by atoms with Gasteiger partial charge in [0.25, 0.3) is 0 Å². The Morgan fingerprint density at radius 2 is 2.00 bits per heavy atom. The minimum absolute atomic E-state index is 0.209. The van der Waals surface area contributed by atoms with Crippen LogP contribution < -0.4 is 5.32 Å². The lowest BCUT2D eigenvalue weighted by Gasteiger charge is -2.17. The second kappa shape index (κ2) is 8.04. The van der Waals surface area contributed by atoms with Crippen molar-refractivity contribution in [3.05, 3.63) is 63.9 Å². The second-order valence-electron chi connectivity index (χ2n) is 4.69. The van der Waals surface area contributed by atoms with Crippen LogP contribution in [0.15, 0.2) is 47.4 Å². The lowest BCUT2D eigenvalue weighted by molar-refractivity contribution is 0.615. The van der Waals surface area contributed by atoms with Crippen LogP contribution in [0, 0.1) is 5.82 Å². The smallest absolute Gasteiger partial charge is 0.124 e. The highest BCUT2D eigenvalue weighted by Gasteiger charge is 2.11. The summed E-state index contributed by atoms with van der Waals surface area (Å²) in [6.07, 6.45) is 0.776. The molecule has 1 unspecified atom stereocenters. The summed E-state index contributed by atoms with van der Waals surface area (Å²) in [4.78, 5) is 0.924. The Morgan fingerprint density at radius 1 is 1.19 bits per heavy atom. The van der Waals surface area contributed by atoms with E-state index in [0.717, 1.165) is 27.7 Å². The lowest BCUT2D eigenvalue weighted by atomic mass is 10.1. The van der Waals surface area contributed by atoms with Crippen molar-refractivity contribution in [2.24, 2.45) is 0 Å². The van der Waals surface area contributed by atoms with Gasteiger partial charge >= 0.3 is 0 Å². The summed E-state index contributed by atoms with van der Waals surface area (Å²) in [6.45, 7) is 0. The van der Waals surface area contributed by atoms with Gasteiger partial charge in [-0.1, -0.05) is 29.3 Å². The molecular formula is C16H16Cl2FNS. The number of thioether (sulfide) groups is 1. The van der Waals surface area contributed by atoms with Crippen molar-refractivity contribution in [2.75, 3.05) is 12.8 Å². The van der Waals surface area contributed by atoms with Gasteiger partial charge in [-0.25, -0.2) is 4.39 Å². The molecule has 0 radical (unpaired) electrons. The van der Waals surface area contributed by atoms with Gasteiger partial charge in [0, 0.05) is 26.7 Å².